The largest absolute Gasteiger partial charge is 0.378 e. The monoisotopic (exact) mass is 769 g/mol. The number of benzene rings is 4. The summed E-state index contributed by atoms with van der Waals surface area (Å²) in [6.07, 6.45) is 3.67. The van der Waals surface area contributed by atoms with E-state index < -0.39 is 6.04 Å². The fourth-order valence-electron chi connectivity index (χ4n) is 7.44. The van der Waals surface area contributed by atoms with Gasteiger partial charge in [-0.1, -0.05) is 66.7 Å². The Morgan fingerprint density at radius 1 is 0.684 bits per heavy atom. The van der Waals surface area contributed by atoms with E-state index >= 15 is 0 Å². The van der Waals surface area contributed by atoms with Gasteiger partial charge in [0.2, 0.25) is 23.6 Å². The Kier molecular flexibility index (Phi) is 13.8. The number of rotatable bonds is 13. The third-order valence-electron chi connectivity index (χ3n) is 10.8. The molecule has 2 aliphatic rings. The summed E-state index contributed by atoms with van der Waals surface area (Å²) in [6.45, 7) is 9.63. The highest BCUT2D eigenvalue weighted by Crippen LogP contribution is 2.23. The molecule has 0 spiro atoms. The van der Waals surface area contributed by atoms with Gasteiger partial charge < -0.3 is 29.8 Å². The fourth-order valence-corrected chi connectivity index (χ4v) is 7.44. The van der Waals surface area contributed by atoms with Crippen LogP contribution in [0.15, 0.2) is 109 Å². The van der Waals surface area contributed by atoms with Crippen LogP contribution in [0.3, 0.4) is 0 Å². The van der Waals surface area contributed by atoms with Crippen molar-refractivity contribution in [2.45, 2.75) is 39.4 Å². The molecular formula is C46H55N7O4. The number of nitrogens with one attached hydrogen (secondary N) is 1. The Hall–Kier alpha value is -5.94. The maximum absolute atomic E-state index is 14.8. The summed E-state index contributed by atoms with van der Waals surface area (Å²) in [5.41, 5.74) is 6.82. The molecule has 6 rings (SSSR count). The molecule has 4 aromatic carbocycles. The lowest BCUT2D eigenvalue weighted by molar-refractivity contribution is -0.145. The molecule has 0 aromatic heterocycles. The highest BCUT2D eigenvalue weighted by atomic mass is 16.2. The second-order valence-corrected chi connectivity index (χ2v) is 15.1. The molecule has 0 saturated carbocycles. The summed E-state index contributed by atoms with van der Waals surface area (Å²) in [5, 5.41) is 2.77. The summed E-state index contributed by atoms with van der Waals surface area (Å²) in [7, 11) is 4.07. The summed E-state index contributed by atoms with van der Waals surface area (Å²) in [5.74, 6) is -0.383. The normalized spacial score (nSPS) is 15.3. The first-order valence-electron chi connectivity index (χ1n) is 19.8. The lowest BCUT2D eigenvalue weighted by atomic mass is 10.0. The Morgan fingerprint density at radius 3 is 1.89 bits per heavy atom. The second-order valence-electron chi connectivity index (χ2n) is 15.1. The molecule has 2 fully saturated rings. The van der Waals surface area contributed by atoms with Crippen LogP contribution >= 0.6 is 0 Å². The number of hydrogen-bond donors (Lipinski definition) is 1. The van der Waals surface area contributed by atoms with E-state index in [-0.39, 0.29) is 30.2 Å². The molecular weight excluding hydrogens is 715 g/mol. The van der Waals surface area contributed by atoms with Crippen molar-refractivity contribution in [3.63, 3.8) is 0 Å². The minimum atomic E-state index is -0.740. The minimum Gasteiger partial charge on any atom is -0.378 e. The van der Waals surface area contributed by atoms with Gasteiger partial charge >= 0.3 is 0 Å². The van der Waals surface area contributed by atoms with Crippen molar-refractivity contribution in [3.8, 4) is 0 Å². The van der Waals surface area contributed by atoms with Crippen molar-refractivity contribution in [2.75, 3.05) is 81.6 Å². The number of amides is 4. The molecule has 0 aliphatic carbocycles. The molecule has 0 unspecified atom stereocenters. The lowest BCUT2D eigenvalue weighted by Gasteiger charge is -2.39. The van der Waals surface area contributed by atoms with Gasteiger partial charge in [-0.2, -0.15) is 0 Å². The van der Waals surface area contributed by atoms with Crippen molar-refractivity contribution in [3.05, 3.63) is 131 Å². The Balaban J connectivity index is 1.23. The van der Waals surface area contributed by atoms with Crippen LogP contribution in [0.5, 0.6) is 0 Å². The first kappa shape index (κ1) is 40.7. The first-order chi connectivity index (χ1) is 27.5. The first-order valence-corrected chi connectivity index (χ1v) is 19.8. The molecule has 298 valence electrons. The maximum Gasteiger partial charge on any atom is 0.247 e. The van der Waals surface area contributed by atoms with Gasteiger partial charge in [-0.15, -0.1) is 0 Å². The van der Waals surface area contributed by atoms with Gasteiger partial charge in [-0.25, -0.2) is 0 Å². The molecule has 2 heterocycles. The van der Waals surface area contributed by atoms with E-state index in [1.807, 2.05) is 78.5 Å². The number of piperazine rings is 2. The zero-order chi connectivity index (χ0) is 40.3. The summed E-state index contributed by atoms with van der Waals surface area (Å²) in [4.78, 5) is 64.8. The van der Waals surface area contributed by atoms with Crippen LogP contribution in [-0.2, 0) is 38.7 Å². The summed E-state index contributed by atoms with van der Waals surface area (Å²) >= 11 is 0. The smallest absolute Gasteiger partial charge is 0.247 e. The number of carbonyl (C=O) groups excluding carboxylic acids is 4. The van der Waals surface area contributed by atoms with Gasteiger partial charge in [0.25, 0.3) is 0 Å². The van der Waals surface area contributed by atoms with Crippen LogP contribution in [0.25, 0.3) is 6.08 Å². The van der Waals surface area contributed by atoms with E-state index in [9.17, 15) is 19.2 Å². The van der Waals surface area contributed by atoms with Gasteiger partial charge in [0, 0.05) is 123 Å². The van der Waals surface area contributed by atoms with Crippen LogP contribution in [0.4, 0.5) is 17.1 Å². The third-order valence-corrected chi connectivity index (χ3v) is 10.8. The van der Waals surface area contributed by atoms with Gasteiger partial charge in [0.1, 0.15) is 6.04 Å². The predicted molar refractivity (Wildman–Crippen MR) is 228 cm³/mol. The standard InChI is InChI=1S/C46H55N7O4/c1-35(54)47-41-17-10-37(11-18-41)16-23-45(56)53(34-40-14-21-43(22-15-40)51-30-28-50(29-31-51)36(2)55)44(32-38-8-6-5-7-9-38)46(57)52-26-24-49(25-27-52)33-39-12-19-42(20-13-39)48(3)4/h5-23,44H,24-34H2,1-4H3,(H,47,54)/t44-/m0/s1. The average molecular weight is 770 g/mol. The third kappa shape index (κ3) is 11.3. The van der Waals surface area contributed by atoms with Crippen molar-refractivity contribution >= 4 is 46.8 Å². The number of nitrogens with zero attached hydrogens (tertiary/aromatic N) is 6. The van der Waals surface area contributed by atoms with Crippen molar-refractivity contribution in [1.29, 1.82) is 0 Å². The zero-order valence-corrected chi connectivity index (χ0v) is 33.6. The van der Waals surface area contributed by atoms with Crippen LogP contribution in [0.1, 0.15) is 36.1 Å². The Bertz CT molecular complexity index is 1980. The number of carbonyl (C=O) groups is 4. The molecule has 0 bridgehead atoms. The highest BCUT2D eigenvalue weighted by Gasteiger charge is 2.34. The van der Waals surface area contributed by atoms with Crippen molar-refractivity contribution in [1.82, 2.24) is 19.6 Å². The zero-order valence-electron chi connectivity index (χ0n) is 33.6. The van der Waals surface area contributed by atoms with E-state index in [0.29, 0.717) is 38.3 Å². The van der Waals surface area contributed by atoms with Gasteiger partial charge in [0.15, 0.2) is 0 Å². The number of hydrogen-bond acceptors (Lipinski definition) is 7. The SMILES string of the molecule is CC(=O)Nc1ccc(C=CC(=O)N(Cc2ccc(N3CCN(C(C)=O)CC3)cc2)[C@@H](Cc2ccccc2)C(=O)N2CCN(Cc3ccc(N(C)C)cc3)CC2)cc1. The fraction of sp³-hybridized carbons (Fsp3) is 0.348. The van der Waals surface area contributed by atoms with Crippen LogP contribution in [-0.4, -0.2) is 116 Å². The van der Waals surface area contributed by atoms with Crippen LogP contribution in [0, 0.1) is 0 Å². The van der Waals surface area contributed by atoms with E-state index in [4.69, 9.17) is 0 Å². The summed E-state index contributed by atoms with van der Waals surface area (Å²) < 4.78 is 0. The molecule has 1 N–H and O–H groups in total. The molecule has 2 saturated heterocycles. The average Bonchev–Trinajstić information content (AvgIpc) is 3.22. The quantitative estimate of drug-likeness (QED) is 0.183. The maximum atomic E-state index is 14.8. The molecule has 4 aromatic rings. The molecule has 11 nitrogen and oxygen atoms in total. The van der Waals surface area contributed by atoms with E-state index in [1.54, 1.807) is 36.1 Å². The topological polar surface area (TPSA) is 99.7 Å². The molecule has 0 radical (unpaired) electrons. The van der Waals surface area contributed by atoms with Crippen LogP contribution < -0.4 is 15.1 Å². The van der Waals surface area contributed by atoms with Gasteiger partial charge in [-0.3, -0.25) is 24.1 Å². The predicted octanol–water partition coefficient (Wildman–Crippen LogP) is 5.38. The lowest BCUT2D eigenvalue weighted by Crippen LogP contribution is -2.56. The highest BCUT2D eigenvalue weighted by molar-refractivity contribution is 5.96. The second kappa shape index (κ2) is 19.3. The number of anilines is 3. The van der Waals surface area contributed by atoms with E-state index in [2.05, 4.69) is 56.4 Å². The Morgan fingerprint density at radius 2 is 1.30 bits per heavy atom. The molecule has 4 amide bonds. The minimum absolute atomic E-state index is 0.0600. The molecule has 57 heavy (non-hydrogen) atoms. The van der Waals surface area contributed by atoms with Crippen molar-refractivity contribution in [2.24, 2.45) is 0 Å². The molecule has 1 atom stereocenters. The van der Waals surface area contributed by atoms with E-state index in [0.717, 1.165) is 60.8 Å². The summed E-state index contributed by atoms with van der Waals surface area (Å²) in [6, 6.07) is 33.2. The Labute approximate surface area is 337 Å². The van der Waals surface area contributed by atoms with E-state index in [1.165, 1.54) is 12.5 Å². The van der Waals surface area contributed by atoms with Gasteiger partial charge in [0.05, 0.1) is 0 Å². The van der Waals surface area contributed by atoms with Crippen LogP contribution in [0.2, 0.25) is 0 Å². The van der Waals surface area contributed by atoms with Gasteiger partial charge in [-0.05, 0) is 64.7 Å². The molecule has 11 heteroatoms. The van der Waals surface area contributed by atoms with Crippen molar-refractivity contribution < 1.29 is 19.2 Å². The molecule has 2 aliphatic heterocycles.